The fourth-order valence-corrected chi connectivity index (χ4v) is 3.88. The number of fused-ring (bicyclic) bond motifs is 1. The van der Waals surface area contributed by atoms with Gasteiger partial charge in [0.2, 0.25) is 15.9 Å². The number of benzene rings is 1. The minimum Gasteiger partial charge on any atom is -0.490 e. The van der Waals surface area contributed by atoms with Crippen LogP contribution in [0.1, 0.15) is 5.56 Å². The molecule has 158 valence electrons. The van der Waals surface area contributed by atoms with Gasteiger partial charge in [0.25, 0.3) is 0 Å². The van der Waals surface area contributed by atoms with Crippen molar-refractivity contribution in [3.05, 3.63) is 23.8 Å². The fourth-order valence-electron chi connectivity index (χ4n) is 3.42. The Morgan fingerprint density at radius 3 is 2.57 bits per heavy atom. The van der Waals surface area contributed by atoms with E-state index >= 15 is 0 Å². The van der Waals surface area contributed by atoms with Crippen LogP contribution >= 0.6 is 13.5 Å². The quantitative estimate of drug-likeness (QED) is 0.684. The number of ether oxygens (including phenoxy) is 1. The molecule has 10 heteroatoms. The van der Waals surface area contributed by atoms with Gasteiger partial charge in [-0.2, -0.15) is 13.5 Å². The van der Waals surface area contributed by atoms with E-state index in [2.05, 4.69) is 20.6 Å². The maximum Gasteiger partial charge on any atom is 0.242 e. The van der Waals surface area contributed by atoms with Crippen LogP contribution in [-0.4, -0.2) is 89.3 Å². The highest BCUT2D eigenvalue weighted by Crippen LogP contribution is 2.32. The standard InChI is InChI=1S/C18H28N4O4S.H2S/c1-15-3-4-17-16(13-15)22(11-12-26-17)14-18(23)21-9-7-20(8-10-21)6-5-19-27(2,24)25;/h3-4,13,19H,5-12,14H2,1-2H3;1H2. The van der Waals surface area contributed by atoms with Crippen molar-refractivity contribution in [2.45, 2.75) is 6.92 Å². The first-order valence-electron chi connectivity index (χ1n) is 9.25. The molecule has 0 spiro atoms. The molecule has 8 nitrogen and oxygen atoms in total. The number of carbonyl (C=O) groups is 1. The summed E-state index contributed by atoms with van der Waals surface area (Å²) in [4.78, 5) is 18.9. The Morgan fingerprint density at radius 1 is 1.18 bits per heavy atom. The van der Waals surface area contributed by atoms with Gasteiger partial charge >= 0.3 is 0 Å². The number of sulfonamides is 1. The number of piperazine rings is 1. The smallest absolute Gasteiger partial charge is 0.242 e. The van der Waals surface area contributed by atoms with Crippen molar-refractivity contribution in [2.75, 3.05) is 70.1 Å². The lowest BCUT2D eigenvalue weighted by Gasteiger charge is -2.37. The molecule has 0 bridgehead atoms. The Kier molecular flexibility index (Phi) is 7.99. The Labute approximate surface area is 174 Å². The Balaban J connectivity index is 0.00000280. The lowest BCUT2D eigenvalue weighted by Crippen LogP contribution is -2.52. The van der Waals surface area contributed by atoms with Crippen LogP contribution in [0.2, 0.25) is 0 Å². The van der Waals surface area contributed by atoms with Gasteiger partial charge in [-0.15, -0.1) is 0 Å². The van der Waals surface area contributed by atoms with Gasteiger partial charge in [0.15, 0.2) is 0 Å². The first kappa shape index (κ1) is 22.8. The molecule has 28 heavy (non-hydrogen) atoms. The number of rotatable bonds is 6. The zero-order valence-corrected chi connectivity index (χ0v) is 18.3. The number of amides is 1. The molecule has 1 fully saturated rings. The van der Waals surface area contributed by atoms with E-state index < -0.39 is 10.0 Å². The van der Waals surface area contributed by atoms with Gasteiger partial charge < -0.3 is 14.5 Å². The minimum absolute atomic E-state index is 0. The molecule has 1 aromatic rings. The molecule has 1 amide bonds. The number of aryl methyl sites for hydroxylation is 1. The van der Waals surface area contributed by atoms with Crippen LogP contribution in [0.15, 0.2) is 18.2 Å². The van der Waals surface area contributed by atoms with Gasteiger partial charge in [0, 0.05) is 39.3 Å². The van der Waals surface area contributed by atoms with Crippen molar-refractivity contribution < 1.29 is 17.9 Å². The van der Waals surface area contributed by atoms with E-state index in [-0.39, 0.29) is 19.4 Å². The molecule has 2 aliphatic rings. The van der Waals surface area contributed by atoms with Crippen LogP contribution in [0.25, 0.3) is 0 Å². The van der Waals surface area contributed by atoms with Crippen LogP contribution in [0, 0.1) is 6.92 Å². The summed E-state index contributed by atoms with van der Waals surface area (Å²) in [6.07, 6.45) is 1.16. The van der Waals surface area contributed by atoms with Crippen molar-refractivity contribution in [1.29, 1.82) is 0 Å². The zero-order valence-electron chi connectivity index (χ0n) is 16.5. The summed E-state index contributed by atoms with van der Waals surface area (Å²) < 4.78 is 30.4. The number of anilines is 1. The van der Waals surface area contributed by atoms with E-state index in [1.807, 2.05) is 24.0 Å². The third kappa shape index (κ3) is 6.26. The van der Waals surface area contributed by atoms with Crippen LogP contribution in [-0.2, 0) is 14.8 Å². The molecule has 2 aliphatic heterocycles. The molecule has 0 aliphatic carbocycles. The van der Waals surface area contributed by atoms with Crippen molar-refractivity contribution >= 4 is 35.1 Å². The summed E-state index contributed by atoms with van der Waals surface area (Å²) >= 11 is 0. The van der Waals surface area contributed by atoms with E-state index in [0.717, 1.165) is 36.3 Å². The summed E-state index contributed by atoms with van der Waals surface area (Å²) in [7, 11) is -3.15. The molecule has 1 saturated heterocycles. The largest absolute Gasteiger partial charge is 0.490 e. The topological polar surface area (TPSA) is 82.2 Å². The van der Waals surface area contributed by atoms with Gasteiger partial charge in [-0.1, -0.05) is 6.07 Å². The summed E-state index contributed by atoms with van der Waals surface area (Å²) in [5.74, 6) is 0.959. The molecule has 0 radical (unpaired) electrons. The molecule has 2 heterocycles. The molecular weight excluding hydrogens is 400 g/mol. The van der Waals surface area contributed by atoms with Gasteiger partial charge in [-0.05, 0) is 24.6 Å². The monoisotopic (exact) mass is 430 g/mol. The van der Waals surface area contributed by atoms with Crippen LogP contribution in [0.5, 0.6) is 5.75 Å². The number of carbonyl (C=O) groups excluding carboxylic acids is 1. The zero-order chi connectivity index (χ0) is 19.4. The molecule has 0 aromatic heterocycles. The molecule has 0 saturated carbocycles. The highest BCUT2D eigenvalue weighted by Gasteiger charge is 2.25. The second-order valence-electron chi connectivity index (χ2n) is 7.13. The highest BCUT2D eigenvalue weighted by molar-refractivity contribution is 7.88. The average molecular weight is 431 g/mol. The maximum absolute atomic E-state index is 12.7. The lowest BCUT2D eigenvalue weighted by atomic mass is 10.1. The first-order chi connectivity index (χ1) is 12.8. The van der Waals surface area contributed by atoms with Gasteiger partial charge in [0.05, 0.1) is 25.0 Å². The van der Waals surface area contributed by atoms with Crippen molar-refractivity contribution in [2.24, 2.45) is 0 Å². The molecule has 1 aromatic carbocycles. The second kappa shape index (κ2) is 9.82. The predicted octanol–water partition coefficient (Wildman–Crippen LogP) is 0.0000200. The number of nitrogens with zero attached hydrogens (tertiary/aromatic N) is 3. The van der Waals surface area contributed by atoms with Crippen molar-refractivity contribution in [1.82, 2.24) is 14.5 Å². The Morgan fingerprint density at radius 2 is 1.89 bits per heavy atom. The average Bonchev–Trinajstić information content (AvgIpc) is 2.62. The normalized spacial score (nSPS) is 17.5. The molecular formula is C18H30N4O4S2. The van der Waals surface area contributed by atoms with Gasteiger partial charge in [-0.3, -0.25) is 9.69 Å². The highest BCUT2D eigenvalue weighted by atomic mass is 32.2. The maximum atomic E-state index is 12.7. The minimum atomic E-state index is -3.15. The van der Waals surface area contributed by atoms with E-state index in [9.17, 15) is 13.2 Å². The number of nitrogens with one attached hydrogen (secondary N) is 1. The number of hydrogen-bond acceptors (Lipinski definition) is 6. The molecule has 3 rings (SSSR count). The van der Waals surface area contributed by atoms with E-state index in [1.165, 1.54) is 0 Å². The molecule has 0 unspecified atom stereocenters. The lowest BCUT2D eigenvalue weighted by molar-refractivity contribution is -0.131. The first-order valence-corrected chi connectivity index (χ1v) is 11.1. The Bertz CT molecular complexity index is 780. The third-order valence-electron chi connectivity index (χ3n) is 4.92. The summed E-state index contributed by atoms with van der Waals surface area (Å²) in [6.45, 7) is 7.60. The van der Waals surface area contributed by atoms with Crippen LogP contribution in [0.3, 0.4) is 0 Å². The second-order valence-corrected chi connectivity index (χ2v) is 8.96. The summed E-state index contributed by atoms with van der Waals surface area (Å²) in [6, 6.07) is 6.04. The molecule has 1 N–H and O–H groups in total. The summed E-state index contributed by atoms with van der Waals surface area (Å²) in [5, 5.41) is 0. The molecule has 0 atom stereocenters. The number of hydrogen-bond donors (Lipinski definition) is 1. The predicted molar refractivity (Wildman–Crippen MR) is 115 cm³/mol. The van der Waals surface area contributed by atoms with E-state index in [4.69, 9.17) is 4.74 Å². The van der Waals surface area contributed by atoms with Crippen molar-refractivity contribution in [3.8, 4) is 5.75 Å². The van der Waals surface area contributed by atoms with Gasteiger partial charge in [-0.25, -0.2) is 13.1 Å². The van der Waals surface area contributed by atoms with Crippen LogP contribution < -0.4 is 14.4 Å². The Hall–Kier alpha value is -1.49. The van der Waals surface area contributed by atoms with E-state index in [0.29, 0.717) is 45.9 Å². The SMILES string of the molecule is Cc1ccc2c(c1)N(CC(=O)N1CCN(CCNS(C)(=O)=O)CC1)CCO2.S. The van der Waals surface area contributed by atoms with Crippen LogP contribution in [0.4, 0.5) is 5.69 Å². The van der Waals surface area contributed by atoms with E-state index in [1.54, 1.807) is 0 Å². The summed E-state index contributed by atoms with van der Waals surface area (Å²) in [5.41, 5.74) is 2.13. The fraction of sp³-hybridized carbons (Fsp3) is 0.611. The van der Waals surface area contributed by atoms with Gasteiger partial charge in [0.1, 0.15) is 12.4 Å². The third-order valence-corrected chi connectivity index (χ3v) is 5.65. The van der Waals surface area contributed by atoms with Crippen molar-refractivity contribution in [3.63, 3.8) is 0 Å².